The Bertz CT molecular complexity index is 738. The van der Waals surface area contributed by atoms with Gasteiger partial charge in [-0.3, -0.25) is 15.5 Å². The van der Waals surface area contributed by atoms with Gasteiger partial charge in [0, 0.05) is 12.6 Å². The Hall–Kier alpha value is -2.51. The smallest absolute Gasteiger partial charge is 0.279 e. The summed E-state index contributed by atoms with van der Waals surface area (Å²) in [4.78, 5) is 10.4. The molecule has 0 saturated heterocycles. The maximum absolute atomic E-state index is 11.0. The quantitative estimate of drug-likeness (QED) is 0.375. The molecule has 0 saturated carbocycles. The van der Waals surface area contributed by atoms with Gasteiger partial charge in [-0.2, -0.15) is 5.10 Å². The number of hydrazone groups is 1. The molecule has 0 spiro atoms. The van der Waals surface area contributed by atoms with Gasteiger partial charge in [0.15, 0.2) is 5.11 Å². The average molecular weight is 349 g/mol. The van der Waals surface area contributed by atoms with Crippen molar-refractivity contribution in [3.05, 3.63) is 74.8 Å². The number of nitrogens with one attached hydrogen (secondary N) is 2. The van der Waals surface area contributed by atoms with Crippen molar-refractivity contribution in [3.8, 4) is 0 Å². The molecule has 0 radical (unpaired) electrons. The number of halogens is 1. The van der Waals surface area contributed by atoms with Crippen molar-refractivity contribution in [2.75, 3.05) is 0 Å². The standard InChI is InChI=1S/C15H13ClN4O2S/c16-13-7-4-8-14(20(21)22)12(13)10-18-19-15(23)17-9-11-5-2-1-3-6-11/h1-8,10H,9H2,(H2,17,19,23). The van der Waals surface area contributed by atoms with Gasteiger partial charge in [-0.15, -0.1) is 0 Å². The van der Waals surface area contributed by atoms with Gasteiger partial charge >= 0.3 is 0 Å². The van der Waals surface area contributed by atoms with Crippen molar-refractivity contribution in [2.45, 2.75) is 6.54 Å². The third-order valence-corrected chi connectivity index (χ3v) is 3.45. The molecule has 0 bridgehead atoms. The fraction of sp³-hybridized carbons (Fsp3) is 0.0667. The number of thiocarbonyl (C=S) groups is 1. The minimum absolute atomic E-state index is 0.119. The lowest BCUT2D eigenvalue weighted by Gasteiger charge is -2.06. The number of hydrogen-bond donors (Lipinski definition) is 2. The van der Waals surface area contributed by atoms with Crippen LogP contribution in [0.4, 0.5) is 5.69 Å². The van der Waals surface area contributed by atoms with E-state index in [0.717, 1.165) is 5.56 Å². The van der Waals surface area contributed by atoms with Crippen LogP contribution in [0.3, 0.4) is 0 Å². The van der Waals surface area contributed by atoms with Crippen molar-refractivity contribution in [3.63, 3.8) is 0 Å². The Labute approximate surface area is 143 Å². The summed E-state index contributed by atoms with van der Waals surface area (Å²) in [6, 6.07) is 14.2. The predicted molar refractivity (Wildman–Crippen MR) is 94.7 cm³/mol. The van der Waals surface area contributed by atoms with Gasteiger partial charge in [-0.05, 0) is 23.8 Å². The largest absolute Gasteiger partial charge is 0.357 e. The van der Waals surface area contributed by atoms with Crippen LogP contribution >= 0.6 is 23.8 Å². The maximum Gasteiger partial charge on any atom is 0.279 e. The van der Waals surface area contributed by atoms with Gasteiger partial charge in [0.1, 0.15) is 0 Å². The van der Waals surface area contributed by atoms with E-state index in [4.69, 9.17) is 23.8 Å². The van der Waals surface area contributed by atoms with E-state index in [9.17, 15) is 10.1 Å². The number of rotatable bonds is 5. The van der Waals surface area contributed by atoms with E-state index in [-0.39, 0.29) is 16.3 Å². The summed E-state index contributed by atoms with van der Waals surface area (Å²) >= 11 is 11.0. The number of benzene rings is 2. The van der Waals surface area contributed by atoms with Gasteiger partial charge in [0.25, 0.3) is 5.69 Å². The van der Waals surface area contributed by atoms with E-state index in [0.29, 0.717) is 11.7 Å². The second-order valence-electron chi connectivity index (χ2n) is 4.47. The van der Waals surface area contributed by atoms with Crippen molar-refractivity contribution in [1.29, 1.82) is 0 Å². The highest BCUT2D eigenvalue weighted by Gasteiger charge is 2.14. The molecule has 0 aliphatic carbocycles. The van der Waals surface area contributed by atoms with Crippen molar-refractivity contribution in [1.82, 2.24) is 10.7 Å². The van der Waals surface area contributed by atoms with E-state index in [1.807, 2.05) is 30.3 Å². The minimum atomic E-state index is -0.515. The lowest BCUT2D eigenvalue weighted by molar-refractivity contribution is -0.385. The first-order valence-corrected chi connectivity index (χ1v) is 7.40. The number of hydrogen-bond acceptors (Lipinski definition) is 4. The summed E-state index contributed by atoms with van der Waals surface area (Å²) in [6.45, 7) is 0.550. The molecule has 0 aliphatic rings. The Morgan fingerprint density at radius 1 is 1.26 bits per heavy atom. The normalized spacial score (nSPS) is 10.5. The zero-order chi connectivity index (χ0) is 16.7. The molecule has 2 rings (SSSR count). The van der Waals surface area contributed by atoms with Crippen LogP contribution in [-0.2, 0) is 6.54 Å². The molecule has 0 amide bonds. The SMILES string of the molecule is O=[N+]([O-])c1cccc(Cl)c1C=NNC(=S)NCc1ccccc1. The van der Waals surface area contributed by atoms with Crippen LogP contribution in [-0.4, -0.2) is 16.3 Å². The van der Waals surface area contributed by atoms with Crippen LogP contribution in [0.1, 0.15) is 11.1 Å². The summed E-state index contributed by atoms with van der Waals surface area (Å²) in [5.74, 6) is 0. The van der Waals surface area contributed by atoms with E-state index in [1.165, 1.54) is 18.3 Å². The fourth-order valence-corrected chi connectivity index (χ4v) is 2.13. The zero-order valence-electron chi connectivity index (χ0n) is 11.9. The van der Waals surface area contributed by atoms with E-state index in [2.05, 4.69) is 15.8 Å². The van der Waals surface area contributed by atoms with Crippen LogP contribution in [0.15, 0.2) is 53.6 Å². The molecule has 2 N–H and O–H groups in total. The molecule has 0 atom stereocenters. The van der Waals surface area contributed by atoms with Crippen LogP contribution in [0, 0.1) is 10.1 Å². The van der Waals surface area contributed by atoms with Gasteiger partial charge in [-0.1, -0.05) is 48.0 Å². The Morgan fingerprint density at radius 2 is 2.00 bits per heavy atom. The molecule has 0 fully saturated rings. The lowest BCUT2D eigenvalue weighted by atomic mass is 10.2. The van der Waals surface area contributed by atoms with Gasteiger partial charge in [-0.25, -0.2) is 0 Å². The summed E-state index contributed by atoms with van der Waals surface area (Å²) in [6.07, 6.45) is 1.27. The Kier molecular flexibility index (Phi) is 6.02. The Balaban J connectivity index is 1.94. The molecule has 118 valence electrons. The summed E-state index contributed by atoms with van der Waals surface area (Å²) < 4.78 is 0. The molecule has 8 heteroatoms. The summed E-state index contributed by atoms with van der Waals surface area (Å²) in [7, 11) is 0. The zero-order valence-corrected chi connectivity index (χ0v) is 13.5. The molecule has 6 nitrogen and oxygen atoms in total. The highest BCUT2D eigenvalue weighted by atomic mass is 35.5. The van der Waals surface area contributed by atoms with Crippen LogP contribution < -0.4 is 10.7 Å². The van der Waals surface area contributed by atoms with E-state index < -0.39 is 4.92 Å². The number of nitrogens with zero attached hydrogens (tertiary/aromatic N) is 2. The van der Waals surface area contributed by atoms with Crippen LogP contribution in [0.25, 0.3) is 0 Å². The molecule has 2 aromatic carbocycles. The molecule has 2 aromatic rings. The minimum Gasteiger partial charge on any atom is -0.357 e. The monoisotopic (exact) mass is 348 g/mol. The predicted octanol–water partition coefficient (Wildman–Crippen LogP) is 3.25. The first-order valence-electron chi connectivity index (χ1n) is 6.61. The van der Waals surface area contributed by atoms with Gasteiger partial charge < -0.3 is 5.32 Å². The number of nitro groups is 1. The van der Waals surface area contributed by atoms with Crippen molar-refractivity contribution < 1.29 is 4.92 Å². The Morgan fingerprint density at radius 3 is 2.70 bits per heavy atom. The topological polar surface area (TPSA) is 79.6 Å². The molecule has 0 heterocycles. The van der Waals surface area contributed by atoms with Gasteiger partial charge in [0.2, 0.25) is 0 Å². The maximum atomic E-state index is 11.0. The second kappa shape index (κ2) is 8.21. The molecule has 0 aromatic heterocycles. The highest BCUT2D eigenvalue weighted by molar-refractivity contribution is 7.80. The van der Waals surface area contributed by atoms with Gasteiger partial charge in [0.05, 0.1) is 21.7 Å². The average Bonchev–Trinajstić information content (AvgIpc) is 2.55. The van der Waals surface area contributed by atoms with Crippen molar-refractivity contribution >= 4 is 40.8 Å². The number of nitro benzene ring substituents is 1. The van der Waals surface area contributed by atoms with E-state index >= 15 is 0 Å². The lowest BCUT2D eigenvalue weighted by Crippen LogP contribution is -2.31. The second-order valence-corrected chi connectivity index (χ2v) is 5.28. The highest BCUT2D eigenvalue weighted by Crippen LogP contribution is 2.24. The third-order valence-electron chi connectivity index (χ3n) is 2.88. The van der Waals surface area contributed by atoms with Crippen LogP contribution in [0.2, 0.25) is 5.02 Å². The first kappa shape index (κ1) is 16.9. The molecule has 0 aliphatic heterocycles. The molecule has 23 heavy (non-hydrogen) atoms. The fourth-order valence-electron chi connectivity index (χ4n) is 1.79. The summed E-state index contributed by atoms with van der Waals surface area (Å²) in [5, 5.41) is 18.4. The molecule has 0 unspecified atom stereocenters. The third kappa shape index (κ3) is 5.01. The molecular formula is C15H13ClN4O2S. The van der Waals surface area contributed by atoms with E-state index in [1.54, 1.807) is 6.07 Å². The van der Waals surface area contributed by atoms with Crippen molar-refractivity contribution in [2.24, 2.45) is 5.10 Å². The molecular weight excluding hydrogens is 336 g/mol. The van der Waals surface area contributed by atoms with Crippen LogP contribution in [0.5, 0.6) is 0 Å². The summed E-state index contributed by atoms with van der Waals surface area (Å²) in [5.41, 5.74) is 3.78. The first-order chi connectivity index (χ1) is 11.1.